The molecule has 1 heterocycles. The van der Waals surface area contributed by atoms with Crippen LogP contribution in [0.1, 0.15) is 29.5 Å². The van der Waals surface area contributed by atoms with Crippen LogP contribution >= 0.6 is 0 Å². The smallest absolute Gasteiger partial charge is 0.337 e. The van der Waals surface area contributed by atoms with Gasteiger partial charge in [-0.15, -0.1) is 0 Å². The number of rotatable bonds is 6. The van der Waals surface area contributed by atoms with E-state index in [1.54, 1.807) is 12.1 Å². The topological polar surface area (TPSA) is 58.4 Å². The molecule has 1 aromatic heterocycles. The Bertz CT molecular complexity index is 617. The van der Waals surface area contributed by atoms with Crippen molar-refractivity contribution in [2.75, 3.05) is 20.6 Å². The SMILES string of the molecule is CCCc1nc2c(C(=O)O)cccc2n1CCN(C)C. The van der Waals surface area contributed by atoms with Crippen LogP contribution in [0.2, 0.25) is 0 Å². The Labute approximate surface area is 118 Å². The van der Waals surface area contributed by atoms with E-state index in [9.17, 15) is 9.90 Å². The van der Waals surface area contributed by atoms with Gasteiger partial charge in [-0.25, -0.2) is 9.78 Å². The summed E-state index contributed by atoms with van der Waals surface area (Å²) in [6.07, 6.45) is 1.86. The number of fused-ring (bicyclic) bond motifs is 1. The molecule has 0 unspecified atom stereocenters. The quantitative estimate of drug-likeness (QED) is 0.878. The molecule has 1 N–H and O–H groups in total. The van der Waals surface area contributed by atoms with Gasteiger partial charge in [0, 0.05) is 19.5 Å². The summed E-state index contributed by atoms with van der Waals surface area (Å²) in [6.45, 7) is 3.83. The second-order valence-electron chi connectivity index (χ2n) is 5.21. The van der Waals surface area contributed by atoms with Gasteiger partial charge < -0.3 is 14.6 Å². The molecule has 0 aliphatic carbocycles. The lowest BCUT2D eigenvalue weighted by Gasteiger charge is -2.13. The highest BCUT2D eigenvalue weighted by Crippen LogP contribution is 2.21. The molecule has 0 saturated heterocycles. The fraction of sp³-hybridized carbons (Fsp3) is 0.467. The maximum atomic E-state index is 11.3. The molecule has 0 aliphatic heterocycles. The first-order valence-corrected chi connectivity index (χ1v) is 6.90. The van der Waals surface area contributed by atoms with Crippen LogP contribution in [0.15, 0.2) is 18.2 Å². The van der Waals surface area contributed by atoms with Gasteiger partial charge in [0.25, 0.3) is 0 Å². The highest BCUT2D eigenvalue weighted by molar-refractivity contribution is 6.01. The van der Waals surface area contributed by atoms with Crippen molar-refractivity contribution in [2.45, 2.75) is 26.3 Å². The third kappa shape index (κ3) is 2.82. The molecule has 0 spiro atoms. The molecule has 0 bridgehead atoms. The molecule has 0 atom stereocenters. The number of aryl methyl sites for hydroxylation is 1. The number of carboxylic acids is 1. The second kappa shape index (κ2) is 6.05. The largest absolute Gasteiger partial charge is 0.478 e. The van der Waals surface area contributed by atoms with Gasteiger partial charge in [0.1, 0.15) is 11.3 Å². The zero-order chi connectivity index (χ0) is 14.7. The zero-order valence-corrected chi connectivity index (χ0v) is 12.3. The Morgan fingerprint density at radius 2 is 2.15 bits per heavy atom. The van der Waals surface area contributed by atoms with E-state index in [4.69, 9.17) is 0 Å². The molecular weight excluding hydrogens is 254 g/mol. The number of hydrogen-bond donors (Lipinski definition) is 1. The van der Waals surface area contributed by atoms with Crippen molar-refractivity contribution in [3.8, 4) is 0 Å². The summed E-state index contributed by atoms with van der Waals surface area (Å²) in [4.78, 5) is 18.0. The minimum absolute atomic E-state index is 0.281. The molecular formula is C15H21N3O2. The third-order valence-corrected chi connectivity index (χ3v) is 3.33. The Kier molecular flexibility index (Phi) is 4.39. The summed E-state index contributed by atoms with van der Waals surface area (Å²) < 4.78 is 2.14. The number of imidazole rings is 1. The molecule has 2 rings (SSSR count). The molecule has 0 aliphatic rings. The number of aromatic nitrogens is 2. The van der Waals surface area contributed by atoms with Crippen molar-refractivity contribution in [2.24, 2.45) is 0 Å². The number of benzene rings is 1. The van der Waals surface area contributed by atoms with Crippen molar-refractivity contribution in [1.82, 2.24) is 14.5 Å². The summed E-state index contributed by atoms with van der Waals surface area (Å²) in [6, 6.07) is 5.35. The van der Waals surface area contributed by atoms with Gasteiger partial charge in [-0.1, -0.05) is 13.0 Å². The standard InChI is InChI=1S/C15H21N3O2/c1-4-6-13-16-14-11(15(19)20)7-5-8-12(14)18(13)10-9-17(2)3/h5,7-8H,4,6,9-10H2,1-3H3,(H,19,20). The Morgan fingerprint density at radius 3 is 2.75 bits per heavy atom. The summed E-state index contributed by atoms with van der Waals surface area (Å²) in [5.74, 6) is 0.0500. The van der Waals surface area contributed by atoms with Crippen molar-refractivity contribution >= 4 is 17.0 Å². The van der Waals surface area contributed by atoms with E-state index in [-0.39, 0.29) is 5.56 Å². The number of carbonyl (C=O) groups is 1. The number of hydrogen-bond acceptors (Lipinski definition) is 3. The lowest BCUT2D eigenvalue weighted by atomic mass is 10.2. The molecule has 0 amide bonds. The van der Waals surface area contributed by atoms with E-state index < -0.39 is 5.97 Å². The number of aromatic carboxylic acids is 1. The summed E-state index contributed by atoms with van der Waals surface area (Å²) >= 11 is 0. The number of carboxylic acid groups (broad SMARTS) is 1. The molecule has 0 saturated carbocycles. The van der Waals surface area contributed by atoms with Crippen molar-refractivity contribution in [1.29, 1.82) is 0 Å². The first-order valence-electron chi connectivity index (χ1n) is 6.90. The predicted octanol–water partition coefficient (Wildman–Crippen LogP) is 2.25. The number of para-hydroxylation sites is 1. The molecule has 5 nitrogen and oxygen atoms in total. The van der Waals surface area contributed by atoms with Crippen LogP contribution in [0.4, 0.5) is 0 Å². The average molecular weight is 275 g/mol. The van der Waals surface area contributed by atoms with E-state index in [1.165, 1.54) is 0 Å². The van der Waals surface area contributed by atoms with Gasteiger partial charge in [0.15, 0.2) is 0 Å². The van der Waals surface area contributed by atoms with Crippen LogP contribution in [0, 0.1) is 0 Å². The Morgan fingerprint density at radius 1 is 1.40 bits per heavy atom. The van der Waals surface area contributed by atoms with Gasteiger partial charge in [0.2, 0.25) is 0 Å². The van der Waals surface area contributed by atoms with Gasteiger partial charge in [0.05, 0.1) is 11.1 Å². The molecule has 5 heteroatoms. The number of nitrogens with zero attached hydrogens (tertiary/aromatic N) is 3. The van der Waals surface area contributed by atoms with Crippen molar-refractivity contribution in [3.63, 3.8) is 0 Å². The lowest BCUT2D eigenvalue weighted by molar-refractivity contribution is 0.0699. The first kappa shape index (κ1) is 14.5. The van der Waals surface area contributed by atoms with Crippen LogP contribution in [-0.2, 0) is 13.0 Å². The minimum atomic E-state index is -0.920. The molecule has 108 valence electrons. The van der Waals surface area contributed by atoms with E-state index in [2.05, 4.69) is 21.4 Å². The fourth-order valence-electron chi connectivity index (χ4n) is 2.33. The van der Waals surface area contributed by atoms with E-state index in [0.29, 0.717) is 5.52 Å². The lowest BCUT2D eigenvalue weighted by Crippen LogP contribution is -2.19. The Hall–Kier alpha value is -1.88. The van der Waals surface area contributed by atoms with Gasteiger partial charge in [-0.2, -0.15) is 0 Å². The maximum Gasteiger partial charge on any atom is 0.337 e. The van der Waals surface area contributed by atoms with E-state index in [1.807, 2.05) is 20.2 Å². The van der Waals surface area contributed by atoms with Crippen LogP contribution in [0.25, 0.3) is 11.0 Å². The highest BCUT2D eigenvalue weighted by Gasteiger charge is 2.16. The monoisotopic (exact) mass is 275 g/mol. The summed E-state index contributed by atoms with van der Waals surface area (Å²) in [5.41, 5.74) is 1.79. The highest BCUT2D eigenvalue weighted by atomic mass is 16.4. The molecule has 0 fully saturated rings. The number of likely N-dealkylation sites (N-methyl/N-ethyl adjacent to an activating group) is 1. The van der Waals surface area contributed by atoms with Crippen LogP contribution in [0.3, 0.4) is 0 Å². The molecule has 20 heavy (non-hydrogen) atoms. The van der Waals surface area contributed by atoms with Gasteiger partial charge >= 0.3 is 5.97 Å². The molecule has 1 aromatic carbocycles. The van der Waals surface area contributed by atoms with Crippen LogP contribution in [0.5, 0.6) is 0 Å². The van der Waals surface area contributed by atoms with Gasteiger partial charge in [-0.05, 0) is 32.6 Å². The molecule has 0 radical (unpaired) electrons. The molecule has 2 aromatic rings. The van der Waals surface area contributed by atoms with Gasteiger partial charge in [-0.3, -0.25) is 0 Å². The normalized spacial score (nSPS) is 11.4. The summed E-state index contributed by atoms with van der Waals surface area (Å²) in [5, 5.41) is 9.27. The Balaban J connectivity index is 2.54. The first-order chi connectivity index (χ1) is 9.54. The van der Waals surface area contributed by atoms with Crippen molar-refractivity contribution in [3.05, 3.63) is 29.6 Å². The third-order valence-electron chi connectivity index (χ3n) is 3.33. The average Bonchev–Trinajstić information content (AvgIpc) is 2.73. The van der Waals surface area contributed by atoms with Crippen molar-refractivity contribution < 1.29 is 9.90 Å². The van der Waals surface area contributed by atoms with E-state index >= 15 is 0 Å². The second-order valence-corrected chi connectivity index (χ2v) is 5.21. The van der Waals surface area contributed by atoms with Crippen LogP contribution < -0.4 is 0 Å². The predicted molar refractivity (Wildman–Crippen MR) is 79.2 cm³/mol. The van der Waals surface area contributed by atoms with Crippen LogP contribution in [-0.4, -0.2) is 46.2 Å². The van der Waals surface area contributed by atoms with E-state index in [0.717, 1.165) is 37.3 Å². The zero-order valence-electron chi connectivity index (χ0n) is 12.3. The fourth-order valence-corrected chi connectivity index (χ4v) is 2.33. The maximum absolute atomic E-state index is 11.3. The minimum Gasteiger partial charge on any atom is -0.478 e. The summed E-state index contributed by atoms with van der Waals surface area (Å²) in [7, 11) is 4.06.